The third kappa shape index (κ3) is 5.93. The van der Waals surface area contributed by atoms with Crippen molar-refractivity contribution in [3.8, 4) is 0 Å². The molecule has 1 saturated carbocycles. The number of esters is 1. The summed E-state index contributed by atoms with van der Waals surface area (Å²) in [5.74, 6) is 0.362. The third-order valence-corrected chi connectivity index (χ3v) is 5.58. The Kier molecular flexibility index (Phi) is 7.46. The van der Waals surface area contributed by atoms with Gasteiger partial charge in [-0.3, -0.25) is 9.69 Å². The van der Waals surface area contributed by atoms with E-state index >= 15 is 0 Å². The molecule has 1 aliphatic rings. The average molecular weight is 366 g/mol. The molecule has 1 aliphatic carbocycles. The molecule has 3 nitrogen and oxygen atoms in total. The molecule has 0 aromatic heterocycles. The second kappa shape index (κ2) is 10.3. The van der Waals surface area contributed by atoms with Gasteiger partial charge in [-0.15, -0.1) is 0 Å². The molecule has 0 heterocycles. The maximum atomic E-state index is 12.1. The number of benzene rings is 2. The van der Waals surface area contributed by atoms with E-state index in [-0.39, 0.29) is 5.97 Å². The number of rotatable bonds is 9. The molecule has 0 spiro atoms. The van der Waals surface area contributed by atoms with Crippen LogP contribution in [0, 0.1) is 5.92 Å². The van der Waals surface area contributed by atoms with Crippen LogP contribution in [0.3, 0.4) is 0 Å². The number of nitrogens with zero attached hydrogens (tertiary/aromatic N) is 1. The van der Waals surface area contributed by atoms with Gasteiger partial charge < -0.3 is 4.74 Å². The molecule has 0 radical (unpaired) electrons. The van der Waals surface area contributed by atoms with Gasteiger partial charge in [-0.25, -0.2) is 0 Å². The summed E-state index contributed by atoms with van der Waals surface area (Å²) in [5, 5.41) is 0. The highest BCUT2D eigenvalue weighted by Gasteiger charge is 2.33. The molecule has 0 aliphatic heterocycles. The van der Waals surface area contributed by atoms with Crippen LogP contribution in [0.15, 0.2) is 60.7 Å². The topological polar surface area (TPSA) is 29.5 Å². The van der Waals surface area contributed by atoms with Crippen molar-refractivity contribution in [1.29, 1.82) is 0 Å². The maximum absolute atomic E-state index is 12.1. The molecule has 0 saturated heterocycles. The lowest BCUT2D eigenvalue weighted by atomic mass is 9.97. The van der Waals surface area contributed by atoms with E-state index in [0.29, 0.717) is 25.0 Å². The van der Waals surface area contributed by atoms with E-state index in [2.05, 4.69) is 65.6 Å². The zero-order valence-corrected chi connectivity index (χ0v) is 16.3. The predicted molar refractivity (Wildman–Crippen MR) is 109 cm³/mol. The quantitative estimate of drug-likeness (QED) is 0.595. The summed E-state index contributed by atoms with van der Waals surface area (Å²) >= 11 is 0. The molecule has 1 fully saturated rings. The molecule has 0 amide bonds. The monoisotopic (exact) mass is 365 g/mol. The van der Waals surface area contributed by atoms with Crippen molar-refractivity contribution < 1.29 is 9.53 Å². The maximum Gasteiger partial charge on any atom is 0.306 e. The van der Waals surface area contributed by atoms with Crippen LogP contribution >= 0.6 is 0 Å². The van der Waals surface area contributed by atoms with Crippen molar-refractivity contribution in [1.82, 2.24) is 4.90 Å². The Labute approximate surface area is 163 Å². The van der Waals surface area contributed by atoms with E-state index in [1.165, 1.54) is 24.0 Å². The second-order valence-corrected chi connectivity index (χ2v) is 7.46. The highest BCUT2D eigenvalue weighted by molar-refractivity contribution is 5.69. The van der Waals surface area contributed by atoms with Crippen LogP contribution in [-0.4, -0.2) is 30.1 Å². The first kappa shape index (κ1) is 19.6. The van der Waals surface area contributed by atoms with Gasteiger partial charge in [0.05, 0.1) is 6.61 Å². The molecule has 3 rings (SSSR count). The summed E-state index contributed by atoms with van der Waals surface area (Å²) in [7, 11) is 0. The zero-order valence-electron chi connectivity index (χ0n) is 16.3. The summed E-state index contributed by atoms with van der Waals surface area (Å²) in [6, 6.07) is 21.8. The van der Waals surface area contributed by atoms with Crippen molar-refractivity contribution in [2.75, 3.05) is 13.2 Å². The SMILES string of the molecule is CCOC(=O)C[C@@H]1CCC[C@@H]1N(CCc1ccccc1)Cc1ccccc1. The van der Waals surface area contributed by atoms with Gasteiger partial charge in [0.2, 0.25) is 0 Å². The molecule has 2 atom stereocenters. The molecule has 0 N–H and O–H groups in total. The van der Waals surface area contributed by atoms with E-state index in [1.54, 1.807) is 0 Å². The minimum atomic E-state index is -0.0443. The van der Waals surface area contributed by atoms with Crippen LogP contribution in [0.2, 0.25) is 0 Å². The Morgan fingerprint density at radius 3 is 2.33 bits per heavy atom. The van der Waals surface area contributed by atoms with Gasteiger partial charge in [0.25, 0.3) is 0 Å². The van der Waals surface area contributed by atoms with Gasteiger partial charge in [-0.2, -0.15) is 0 Å². The molecular formula is C24H31NO2. The van der Waals surface area contributed by atoms with Crippen LogP contribution in [0.4, 0.5) is 0 Å². The molecule has 2 aromatic rings. The molecule has 3 heteroatoms. The first-order valence-electron chi connectivity index (χ1n) is 10.2. The van der Waals surface area contributed by atoms with Gasteiger partial charge >= 0.3 is 5.97 Å². The van der Waals surface area contributed by atoms with E-state index < -0.39 is 0 Å². The largest absolute Gasteiger partial charge is 0.466 e. The summed E-state index contributed by atoms with van der Waals surface area (Å²) in [5.41, 5.74) is 2.71. The first-order chi connectivity index (χ1) is 13.3. The van der Waals surface area contributed by atoms with Crippen LogP contribution in [-0.2, 0) is 22.5 Å². The summed E-state index contributed by atoms with van der Waals surface area (Å²) in [6.45, 7) is 4.31. The van der Waals surface area contributed by atoms with E-state index in [9.17, 15) is 4.79 Å². The number of carbonyl (C=O) groups is 1. The minimum absolute atomic E-state index is 0.0443. The zero-order chi connectivity index (χ0) is 18.9. The van der Waals surface area contributed by atoms with Crippen LogP contribution in [0.1, 0.15) is 43.7 Å². The summed E-state index contributed by atoms with van der Waals surface area (Å²) < 4.78 is 5.22. The standard InChI is InChI=1S/C24H31NO2/c1-2-27-24(26)18-22-14-9-15-23(22)25(19-21-12-7-4-8-13-21)17-16-20-10-5-3-6-11-20/h3-8,10-13,22-23H,2,9,14-19H2,1H3/t22-,23-/m0/s1. The van der Waals surface area contributed by atoms with Gasteiger partial charge in [-0.1, -0.05) is 67.1 Å². The average Bonchev–Trinajstić information content (AvgIpc) is 3.15. The Balaban J connectivity index is 1.70. The van der Waals surface area contributed by atoms with Gasteiger partial charge in [0.15, 0.2) is 0 Å². The predicted octanol–water partition coefficient (Wildman–Crippen LogP) is 4.85. The van der Waals surface area contributed by atoms with Crippen LogP contribution in [0.25, 0.3) is 0 Å². The Bertz CT molecular complexity index is 686. The fourth-order valence-corrected chi connectivity index (χ4v) is 4.27. The fourth-order valence-electron chi connectivity index (χ4n) is 4.27. The molecule has 2 aromatic carbocycles. The van der Waals surface area contributed by atoms with E-state index in [1.807, 2.05) is 6.92 Å². The molecular weight excluding hydrogens is 334 g/mol. The fraction of sp³-hybridized carbons (Fsp3) is 0.458. The van der Waals surface area contributed by atoms with Crippen LogP contribution in [0.5, 0.6) is 0 Å². The molecule has 144 valence electrons. The van der Waals surface area contributed by atoms with Crippen LogP contribution < -0.4 is 0 Å². The van der Waals surface area contributed by atoms with Crippen molar-refractivity contribution in [2.45, 2.75) is 51.6 Å². The highest BCUT2D eigenvalue weighted by Crippen LogP contribution is 2.33. The highest BCUT2D eigenvalue weighted by atomic mass is 16.5. The lowest BCUT2D eigenvalue weighted by Crippen LogP contribution is -2.39. The lowest BCUT2D eigenvalue weighted by Gasteiger charge is -2.33. The Morgan fingerprint density at radius 1 is 1.00 bits per heavy atom. The summed E-state index contributed by atoms with van der Waals surface area (Å²) in [6.07, 6.45) is 5.09. The number of carbonyl (C=O) groups excluding carboxylic acids is 1. The van der Waals surface area contributed by atoms with Crippen molar-refractivity contribution in [3.05, 3.63) is 71.8 Å². The number of hydrogen-bond acceptors (Lipinski definition) is 3. The smallest absolute Gasteiger partial charge is 0.306 e. The third-order valence-electron chi connectivity index (χ3n) is 5.58. The van der Waals surface area contributed by atoms with Crippen molar-refractivity contribution in [2.24, 2.45) is 5.92 Å². The summed E-state index contributed by atoms with van der Waals surface area (Å²) in [4.78, 5) is 14.7. The van der Waals surface area contributed by atoms with Gasteiger partial charge in [0, 0.05) is 25.6 Å². The molecule has 0 bridgehead atoms. The van der Waals surface area contributed by atoms with Crippen molar-refractivity contribution in [3.63, 3.8) is 0 Å². The molecule has 0 unspecified atom stereocenters. The normalized spacial score (nSPS) is 19.3. The Hall–Kier alpha value is -2.13. The number of hydrogen-bond donors (Lipinski definition) is 0. The van der Waals surface area contributed by atoms with Gasteiger partial charge in [-0.05, 0) is 43.2 Å². The van der Waals surface area contributed by atoms with E-state index in [0.717, 1.165) is 25.9 Å². The lowest BCUT2D eigenvalue weighted by molar-refractivity contribution is -0.144. The number of ether oxygens (including phenoxy) is 1. The second-order valence-electron chi connectivity index (χ2n) is 7.46. The van der Waals surface area contributed by atoms with Crippen molar-refractivity contribution >= 4 is 5.97 Å². The molecule has 27 heavy (non-hydrogen) atoms. The minimum Gasteiger partial charge on any atom is -0.466 e. The first-order valence-corrected chi connectivity index (χ1v) is 10.2. The van der Waals surface area contributed by atoms with Gasteiger partial charge in [0.1, 0.15) is 0 Å². The Morgan fingerprint density at radius 2 is 1.67 bits per heavy atom. The van der Waals surface area contributed by atoms with E-state index in [4.69, 9.17) is 4.74 Å².